The Bertz CT molecular complexity index is 713. The number of carbonyl (C=O) groups excluding carboxylic acids is 1. The van der Waals surface area contributed by atoms with Crippen LogP contribution in [0.2, 0.25) is 0 Å². The molecule has 0 aromatic heterocycles. The van der Waals surface area contributed by atoms with Crippen LogP contribution in [-0.4, -0.2) is 63.6 Å². The number of piperazine rings is 1. The highest BCUT2D eigenvalue weighted by molar-refractivity contribution is 7.89. The fourth-order valence-electron chi connectivity index (χ4n) is 2.48. The first-order valence-electron chi connectivity index (χ1n) is 7.43. The summed E-state index contributed by atoms with van der Waals surface area (Å²) < 4.78 is 30.4. The summed E-state index contributed by atoms with van der Waals surface area (Å²) in [6.07, 6.45) is -0.589. The van der Waals surface area contributed by atoms with Crippen molar-refractivity contribution >= 4 is 21.6 Å². The van der Waals surface area contributed by atoms with Crippen molar-refractivity contribution in [1.29, 1.82) is 0 Å². The highest BCUT2D eigenvalue weighted by Gasteiger charge is 2.27. The van der Waals surface area contributed by atoms with E-state index in [-0.39, 0.29) is 10.8 Å². The minimum atomic E-state index is -3.69. The van der Waals surface area contributed by atoms with E-state index in [1.807, 2.05) is 7.05 Å². The Morgan fingerprint density at radius 3 is 2.65 bits per heavy atom. The molecule has 126 valence electrons. The molecule has 0 aliphatic carbocycles. The number of hydrazine groups is 1. The van der Waals surface area contributed by atoms with E-state index >= 15 is 0 Å². The number of nitrogens with one attached hydrogen (secondary N) is 2. The summed E-state index contributed by atoms with van der Waals surface area (Å²) in [5.41, 5.74) is 0.370. The van der Waals surface area contributed by atoms with Gasteiger partial charge in [0.2, 0.25) is 0 Å². The number of fused-ring (bicyclic) bond motifs is 1. The zero-order valence-corrected chi connectivity index (χ0v) is 13.9. The topological polar surface area (TPSA) is 91.0 Å². The second kappa shape index (κ2) is 6.08. The molecular weight excluding hydrogens is 320 g/mol. The molecule has 1 unspecified atom stereocenters. The molecule has 0 radical (unpaired) electrons. The van der Waals surface area contributed by atoms with Crippen LogP contribution in [-0.2, 0) is 14.8 Å². The number of hydrogen-bond acceptors (Lipinski definition) is 6. The second-order valence-corrected chi connectivity index (χ2v) is 7.45. The predicted molar refractivity (Wildman–Crippen MR) is 84.6 cm³/mol. The lowest BCUT2D eigenvalue weighted by atomic mass is 10.2. The van der Waals surface area contributed by atoms with Crippen LogP contribution in [0.3, 0.4) is 0 Å². The van der Waals surface area contributed by atoms with Crippen molar-refractivity contribution in [2.45, 2.75) is 17.9 Å². The van der Waals surface area contributed by atoms with Crippen molar-refractivity contribution in [3.8, 4) is 5.75 Å². The molecule has 2 aliphatic rings. The van der Waals surface area contributed by atoms with Crippen molar-refractivity contribution in [3.05, 3.63) is 18.2 Å². The lowest BCUT2D eigenvalue weighted by molar-refractivity contribution is -0.122. The molecule has 9 heteroatoms. The van der Waals surface area contributed by atoms with E-state index in [1.54, 1.807) is 18.0 Å². The van der Waals surface area contributed by atoms with Crippen LogP contribution in [0.5, 0.6) is 5.75 Å². The summed E-state index contributed by atoms with van der Waals surface area (Å²) in [6, 6.07) is 4.45. The normalized spacial score (nSPS) is 23.0. The molecular formula is C14H20N4O4S. The molecule has 8 nitrogen and oxygen atoms in total. The average Bonchev–Trinajstić information content (AvgIpc) is 2.50. The van der Waals surface area contributed by atoms with Crippen molar-refractivity contribution in [2.75, 3.05) is 38.5 Å². The third-order valence-electron chi connectivity index (χ3n) is 3.94. The maximum atomic E-state index is 12.5. The number of ether oxygens (including phenoxy) is 1. The monoisotopic (exact) mass is 340 g/mol. The van der Waals surface area contributed by atoms with Crippen LogP contribution in [0, 0.1) is 0 Å². The zero-order chi connectivity index (χ0) is 16.6. The molecule has 3 rings (SSSR count). The largest absolute Gasteiger partial charge is 0.479 e. The van der Waals surface area contributed by atoms with E-state index in [1.165, 1.54) is 12.1 Å². The van der Waals surface area contributed by atoms with Gasteiger partial charge < -0.3 is 15.0 Å². The van der Waals surface area contributed by atoms with Crippen molar-refractivity contribution in [1.82, 2.24) is 14.7 Å². The van der Waals surface area contributed by atoms with Gasteiger partial charge >= 0.3 is 0 Å². The van der Waals surface area contributed by atoms with E-state index in [9.17, 15) is 13.2 Å². The van der Waals surface area contributed by atoms with Crippen LogP contribution in [0.25, 0.3) is 0 Å². The molecule has 2 aliphatic heterocycles. The Kier molecular flexibility index (Phi) is 4.28. The molecule has 0 bridgehead atoms. The van der Waals surface area contributed by atoms with E-state index < -0.39 is 16.1 Å². The highest BCUT2D eigenvalue weighted by atomic mass is 32.2. The van der Waals surface area contributed by atoms with Gasteiger partial charge in [-0.25, -0.2) is 13.4 Å². The van der Waals surface area contributed by atoms with Gasteiger partial charge in [-0.15, -0.1) is 4.83 Å². The third-order valence-corrected chi connectivity index (χ3v) is 5.32. The summed E-state index contributed by atoms with van der Waals surface area (Å²) in [5.74, 6) is 0.176. The van der Waals surface area contributed by atoms with Crippen LogP contribution in [0.4, 0.5) is 5.69 Å². The Morgan fingerprint density at radius 2 is 1.96 bits per heavy atom. The molecule has 0 spiro atoms. The van der Waals surface area contributed by atoms with Gasteiger partial charge in [-0.3, -0.25) is 4.79 Å². The van der Waals surface area contributed by atoms with Gasteiger partial charge in [-0.2, -0.15) is 0 Å². The van der Waals surface area contributed by atoms with Crippen LogP contribution in [0.15, 0.2) is 23.1 Å². The summed E-state index contributed by atoms with van der Waals surface area (Å²) in [5, 5.41) is 4.34. The Morgan fingerprint density at radius 1 is 1.26 bits per heavy atom. The smallest absolute Gasteiger partial charge is 0.265 e. The quantitative estimate of drug-likeness (QED) is 0.795. The van der Waals surface area contributed by atoms with Gasteiger partial charge in [0.25, 0.3) is 15.9 Å². The minimum absolute atomic E-state index is 0.0913. The number of nitrogens with zero attached hydrogens (tertiary/aromatic N) is 2. The van der Waals surface area contributed by atoms with E-state index in [0.717, 1.165) is 13.1 Å². The Hall–Kier alpha value is -1.68. The fourth-order valence-corrected chi connectivity index (χ4v) is 3.62. The van der Waals surface area contributed by atoms with Crippen LogP contribution >= 0.6 is 0 Å². The standard InChI is InChI=1S/C14H20N4O4S/c1-10-14(19)15-12-9-11(3-4-13(12)22-10)23(20,21)16-18-7-5-17(2)6-8-18/h3-4,9-10,16H,5-8H2,1-2H3,(H,15,19). The first kappa shape index (κ1) is 16.2. The Labute approximate surface area is 135 Å². The SMILES string of the molecule is CC1Oc2ccc(S(=O)(=O)NN3CCN(C)CC3)cc2NC1=O. The second-order valence-electron chi connectivity index (χ2n) is 5.79. The summed E-state index contributed by atoms with van der Waals surface area (Å²) >= 11 is 0. The van der Waals surface area contributed by atoms with Crippen molar-refractivity contribution in [2.24, 2.45) is 0 Å². The molecule has 0 saturated carbocycles. The number of hydrogen-bond donors (Lipinski definition) is 2. The van der Waals surface area contributed by atoms with Gasteiger partial charge in [-0.1, -0.05) is 0 Å². The molecule has 2 N–H and O–H groups in total. The number of benzene rings is 1. The van der Waals surface area contributed by atoms with Gasteiger partial charge in [-0.05, 0) is 32.2 Å². The van der Waals surface area contributed by atoms with E-state index in [2.05, 4.69) is 15.0 Å². The zero-order valence-electron chi connectivity index (χ0n) is 13.1. The molecule has 2 heterocycles. The maximum absolute atomic E-state index is 12.5. The number of likely N-dealkylation sites (N-methyl/N-ethyl adjacent to an activating group) is 1. The van der Waals surface area contributed by atoms with Gasteiger partial charge in [0.05, 0.1) is 10.6 Å². The first-order chi connectivity index (χ1) is 10.8. The Balaban J connectivity index is 1.78. The summed E-state index contributed by atoms with van der Waals surface area (Å²) in [7, 11) is -1.69. The number of carbonyl (C=O) groups is 1. The number of amides is 1. The van der Waals surface area contributed by atoms with Crippen molar-refractivity contribution in [3.63, 3.8) is 0 Å². The fraction of sp³-hybridized carbons (Fsp3) is 0.500. The molecule has 1 fully saturated rings. The number of anilines is 1. The molecule has 1 atom stereocenters. The highest BCUT2D eigenvalue weighted by Crippen LogP contribution is 2.31. The van der Waals surface area contributed by atoms with Crippen molar-refractivity contribution < 1.29 is 17.9 Å². The van der Waals surface area contributed by atoms with Gasteiger partial charge in [0.1, 0.15) is 5.75 Å². The maximum Gasteiger partial charge on any atom is 0.265 e. The first-order valence-corrected chi connectivity index (χ1v) is 8.91. The molecule has 1 amide bonds. The van der Waals surface area contributed by atoms with Crippen LogP contribution < -0.4 is 14.9 Å². The summed E-state index contributed by atoms with van der Waals surface area (Å²) in [4.78, 5) is 16.5. The van der Waals surface area contributed by atoms with Crippen LogP contribution in [0.1, 0.15) is 6.92 Å². The lowest BCUT2D eigenvalue weighted by Gasteiger charge is -2.32. The molecule has 1 aromatic rings. The average molecular weight is 340 g/mol. The summed E-state index contributed by atoms with van der Waals surface area (Å²) in [6.45, 7) is 4.48. The van der Waals surface area contributed by atoms with E-state index in [0.29, 0.717) is 24.5 Å². The minimum Gasteiger partial charge on any atom is -0.479 e. The molecule has 23 heavy (non-hydrogen) atoms. The third kappa shape index (κ3) is 3.47. The van der Waals surface area contributed by atoms with Gasteiger partial charge in [0, 0.05) is 26.2 Å². The predicted octanol–water partition coefficient (Wildman–Crippen LogP) is -0.153. The van der Waals surface area contributed by atoms with E-state index in [4.69, 9.17) is 4.74 Å². The molecule has 1 saturated heterocycles. The molecule has 1 aromatic carbocycles. The number of sulfonamides is 1. The number of rotatable bonds is 3. The van der Waals surface area contributed by atoms with Gasteiger partial charge in [0.15, 0.2) is 6.10 Å². The lowest BCUT2D eigenvalue weighted by Crippen LogP contribution is -2.52.